The first kappa shape index (κ1) is 30.7. The molecular formula is C50H39B2NO. The second-order valence-corrected chi connectivity index (χ2v) is 17.3. The van der Waals surface area contributed by atoms with Crippen LogP contribution in [0.4, 0.5) is 17.1 Å². The van der Waals surface area contributed by atoms with Gasteiger partial charge in [0.15, 0.2) is 0 Å². The maximum atomic E-state index is 6.76. The van der Waals surface area contributed by atoms with Gasteiger partial charge in [-0.2, -0.15) is 0 Å². The van der Waals surface area contributed by atoms with Crippen LogP contribution in [-0.2, 0) is 10.8 Å². The molecular weight excluding hydrogens is 652 g/mol. The molecule has 0 aliphatic carbocycles. The van der Waals surface area contributed by atoms with Crippen molar-refractivity contribution in [3.63, 3.8) is 0 Å². The number of aryl methyl sites for hydroxylation is 2. The van der Waals surface area contributed by atoms with Gasteiger partial charge in [0.05, 0.1) is 0 Å². The number of benzene rings is 7. The molecule has 0 unspecified atom stereocenters. The second-order valence-electron chi connectivity index (χ2n) is 17.3. The van der Waals surface area contributed by atoms with E-state index in [1.165, 1.54) is 88.8 Å². The van der Waals surface area contributed by atoms with Crippen molar-refractivity contribution in [1.29, 1.82) is 0 Å². The van der Waals surface area contributed by atoms with Crippen LogP contribution in [0.1, 0.15) is 61.1 Å². The maximum absolute atomic E-state index is 6.76. The van der Waals surface area contributed by atoms with Crippen LogP contribution in [0.5, 0.6) is 0 Å². The van der Waals surface area contributed by atoms with Gasteiger partial charge in [-0.1, -0.05) is 148 Å². The zero-order valence-electron chi connectivity index (χ0n) is 31.6. The summed E-state index contributed by atoms with van der Waals surface area (Å²) in [4.78, 5) is 2.67. The van der Waals surface area contributed by atoms with Gasteiger partial charge in [0, 0.05) is 44.2 Å². The fourth-order valence-electron chi connectivity index (χ4n) is 11.8. The Kier molecular flexibility index (Phi) is 5.72. The number of hydrogen-bond donors (Lipinski definition) is 0. The predicted octanol–water partition coefficient (Wildman–Crippen LogP) is 8.28. The van der Waals surface area contributed by atoms with Gasteiger partial charge in [-0.3, -0.25) is 0 Å². The van der Waals surface area contributed by atoms with E-state index in [0.717, 1.165) is 27.5 Å². The Balaban J connectivity index is 1.27. The molecule has 5 heterocycles. The van der Waals surface area contributed by atoms with Gasteiger partial charge >= 0.3 is 0 Å². The highest BCUT2D eigenvalue weighted by Crippen LogP contribution is 2.48. The van der Waals surface area contributed by atoms with Crippen molar-refractivity contribution >= 4 is 85.2 Å². The summed E-state index contributed by atoms with van der Waals surface area (Å²) in [5.74, 6) is 0. The Hall–Kier alpha value is -5.73. The van der Waals surface area contributed by atoms with Crippen LogP contribution in [0, 0.1) is 13.8 Å². The first-order chi connectivity index (χ1) is 26.2. The molecule has 0 saturated heterocycles. The number of hydrogen-bond acceptors (Lipinski definition) is 2. The molecule has 1 aromatic heterocycles. The fourth-order valence-corrected chi connectivity index (χ4v) is 11.8. The third kappa shape index (κ3) is 3.56. The van der Waals surface area contributed by atoms with Crippen LogP contribution < -0.4 is 37.7 Å². The molecule has 4 aliphatic rings. The zero-order chi connectivity index (χ0) is 36.4. The van der Waals surface area contributed by atoms with Crippen molar-refractivity contribution < 1.29 is 4.42 Å². The fraction of sp³-hybridized carbons (Fsp3) is 0.160. The van der Waals surface area contributed by atoms with E-state index in [1.54, 1.807) is 0 Å². The van der Waals surface area contributed by atoms with E-state index in [4.69, 9.17) is 4.42 Å². The predicted molar refractivity (Wildman–Crippen MR) is 230 cm³/mol. The van der Waals surface area contributed by atoms with E-state index in [9.17, 15) is 0 Å². The number of anilines is 3. The van der Waals surface area contributed by atoms with Gasteiger partial charge in [-0.05, 0) is 92.8 Å². The quantitative estimate of drug-likeness (QED) is 0.161. The summed E-state index contributed by atoms with van der Waals surface area (Å²) in [7, 11) is 0. The Morgan fingerprint density at radius 1 is 0.519 bits per heavy atom. The number of nitrogens with zero attached hydrogens (tertiary/aromatic N) is 1. The first-order valence-corrected chi connectivity index (χ1v) is 19.5. The molecule has 12 rings (SSSR count). The molecule has 0 N–H and O–H groups in total. The van der Waals surface area contributed by atoms with Crippen molar-refractivity contribution in [2.45, 2.75) is 52.4 Å². The second kappa shape index (κ2) is 10.1. The first-order valence-electron chi connectivity index (χ1n) is 19.5. The van der Waals surface area contributed by atoms with E-state index in [0.29, 0.717) is 0 Å². The lowest BCUT2D eigenvalue weighted by molar-refractivity contribution is 0.640. The van der Waals surface area contributed by atoms with Gasteiger partial charge in [0.2, 0.25) is 13.4 Å². The van der Waals surface area contributed by atoms with Crippen LogP contribution in [0.25, 0.3) is 33.1 Å². The van der Waals surface area contributed by atoms with Crippen molar-refractivity contribution in [3.8, 4) is 11.1 Å². The lowest BCUT2D eigenvalue weighted by Gasteiger charge is -2.51. The standard InChI is InChI=1S/C50H39B2NO/c1-28-22-24-40-45-43(28)49(3,4)34-17-8-10-19-36(34)51(45)38-26-30(31-15-13-16-33-32-14-7-12-21-42(32)54-48(31)33)27-39-47(38)53(40)41-25-23-29(2)44-46(41)52(39)37-20-11-9-18-35(37)50(44,5)6/h7-27H,1-6H3. The minimum Gasteiger partial charge on any atom is -0.455 e. The monoisotopic (exact) mass is 691 g/mol. The van der Waals surface area contributed by atoms with Crippen molar-refractivity contribution in [3.05, 3.63) is 161 Å². The van der Waals surface area contributed by atoms with E-state index in [2.05, 4.69) is 174 Å². The smallest absolute Gasteiger partial charge is 0.247 e. The van der Waals surface area contributed by atoms with Crippen LogP contribution in [-0.4, -0.2) is 13.4 Å². The van der Waals surface area contributed by atoms with Crippen LogP contribution in [0.2, 0.25) is 0 Å². The molecule has 0 spiro atoms. The summed E-state index contributed by atoms with van der Waals surface area (Å²) in [5.41, 5.74) is 25.0. The molecule has 4 heteroatoms. The Morgan fingerprint density at radius 3 is 1.63 bits per heavy atom. The summed E-state index contributed by atoms with van der Waals surface area (Å²) >= 11 is 0. The number of furan rings is 1. The molecule has 54 heavy (non-hydrogen) atoms. The summed E-state index contributed by atoms with van der Waals surface area (Å²) < 4.78 is 6.76. The van der Waals surface area contributed by atoms with Crippen molar-refractivity contribution in [2.75, 3.05) is 4.90 Å². The molecule has 2 nitrogen and oxygen atoms in total. The topological polar surface area (TPSA) is 16.4 Å². The van der Waals surface area contributed by atoms with Gasteiger partial charge in [0.25, 0.3) is 0 Å². The summed E-state index contributed by atoms with van der Waals surface area (Å²) in [6.45, 7) is 14.6. The number of para-hydroxylation sites is 2. The molecule has 0 amide bonds. The van der Waals surface area contributed by atoms with Gasteiger partial charge in [-0.25, -0.2) is 0 Å². The maximum Gasteiger partial charge on any atom is 0.247 e. The SMILES string of the molecule is Cc1ccc2c3c1C(C)(C)c1ccccc1B3c1cc(-c3cccc4c3oc3ccccc34)cc3c1N2c1ccc(C)c2c1B3c1ccccc1C2(C)C. The molecule has 8 aromatic rings. The molecule has 256 valence electrons. The third-order valence-electron chi connectivity index (χ3n) is 13.8. The van der Waals surface area contributed by atoms with Crippen LogP contribution in [0.15, 0.2) is 132 Å². The van der Waals surface area contributed by atoms with Crippen LogP contribution in [0.3, 0.4) is 0 Å². The minimum absolute atomic E-state index is 0.0979. The average molecular weight is 691 g/mol. The van der Waals surface area contributed by atoms with Crippen molar-refractivity contribution in [1.82, 2.24) is 0 Å². The molecule has 0 radical (unpaired) electrons. The number of rotatable bonds is 1. The normalized spacial score (nSPS) is 16.1. The molecule has 0 bridgehead atoms. The Morgan fingerprint density at radius 2 is 1.04 bits per heavy atom. The highest BCUT2D eigenvalue weighted by Gasteiger charge is 2.52. The lowest BCUT2D eigenvalue weighted by atomic mass is 9.26. The largest absolute Gasteiger partial charge is 0.455 e. The van der Waals surface area contributed by atoms with E-state index >= 15 is 0 Å². The molecule has 7 aromatic carbocycles. The van der Waals surface area contributed by atoms with E-state index in [-0.39, 0.29) is 24.3 Å². The third-order valence-corrected chi connectivity index (χ3v) is 13.8. The van der Waals surface area contributed by atoms with Crippen molar-refractivity contribution in [2.24, 2.45) is 0 Å². The molecule has 4 aliphatic heterocycles. The van der Waals surface area contributed by atoms with Gasteiger partial charge < -0.3 is 9.32 Å². The lowest BCUT2D eigenvalue weighted by Crippen LogP contribution is -2.70. The summed E-state index contributed by atoms with van der Waals surface area (Å²) in [6.07, 6.45) is 0. The van der Waals surface area contributed by atoms with Gasteiger partial charge in [-0.15, -0.1) is 0 Å². The van der Waals surface area contributed by atoms with E-state index < -0.39 is 0 Å². The highest BCUT2D eigenvalue weighted by molar-refractivity contribution is 7.03. The molecule has 0 atom stereocenters. The van der Waals surface area contributed by atoms with E-state index in [1.807, 2.05) is 0 Å². The Labute approximate surface area is 317 Å². The van der Waals surface area contributed by atoms with Gasteiger partial charge in [0.1, 0.15) is 11.2 Å². The zero-order valence-corrected chi connectivity index (χ0v) is 31.6. The summed E-state index contributed by atoms with van der Waals surface area (Å²) in [5, 5.41) is 2.33. The molecule has 0 saturated carbocycles. The van der Waals surface area contributed by atoms with Crippen LogP contribution >= 0.6 is 0 Å². The number of fused-ring (bicyclic) bond motifs is 11. The minimum atomic E-state index is -0.147. The average Bonchev–Trinajstić information content (AvgIpc) is 3.56. The Bertz CT molecular complexity index is 2860. The molecule has 0 fully saturated rings. The summed E-state index contributed by atoms with van der Waals surface area (Å²) in [6, 6.07) is 48.4. The highest BCUT2D eigenvalue weighted by atomic mass is 16.3.